The maximum Gasteiger partial charge on any atom is 0.410 e. The van der Waals surface area contributed by atoms with Crippen LogP contribution in [-0.4, -0.2) is 68.4 Å². The molecule has 3 aliphatic rings. The van der Waals surface area contributed by atoms with E-state index in [4.69, 9.17) is 19.1 Å². The van der Waals surface area contributed by atoms with Crippen LogP contribution < -0.4 is 0 Å². The zero-order chi connectivity index (χ0) is 24.6. The second-order valence-corrected chi connectivity index (χ2v) is 10.5. The Morgan fingerprint density at radius 3 is 2.57 bits per heavy atom. The van der Waals surface area contributed by atoms with Gasteiger partial charge in [0.25, 0.3) is 0 Å². The van der Waals surface area contributed by atoms with Crippen LogP contribution >= 0.6 is 0 Å². The summed E-state index contributed by atoms with van der Waals surface area (Å²) in [7, 11) is 0. The molecule has 2 bridgehead atoms. The highest BCUT2D eigenvalue weighted by Crippen LogP contribution is 2.39. The number of benzene rings is 1. The van der Waals surface area contributed by atoms with Gasteiger partial charge in [-0.2, -0.15) is 10.0 Å². The van der Waals surface area contributed by atoms with Gasteiger partial charge in [0.2, 0.25) is 5.89 Å². The first kappa shape index (κ1) is 23.6. The minimum atomic E-state index is -0.509. The Balaban J connectivity index is 1.18. The molecule has 188 valence electrons. The maximum absolute atomic E-state index is 13.1. The van der Waals surface area contributed by atoms with E-state index in [0.29, 0.717) is 38.0 Å². The molecule has 0 spiro atoms. The van der Waals surface area contributed by atoms with Crippen molar-refractivity contribution in [3.63, 3.8) is 0 Å². The highest BCUT2D eigenvalue weighted by molar-refractivity contribution is 5.77. The molecule has 4 heterocycles. The minimum Gasteiger partial charge on any atom is -0.444 e. The summed E-state index contributed by atoms with van der Waals surface area (Å²) < 4.78 is 11.1. The standard InChI is InChI=1S/C25H33N5O5/c1-25(2,3)34-24(32)28-13-11-18(12-14-28)21-26-22(35-27-21)20-10-9-19-15-29(20)23(31)30(19)33-16-17-7-5-4-6-8-17/h4-8,18-20H,9-16H2,1-3H3/t19-,20+/m1/s1. The number of fused-ring (bicyclic) bond motifs is 2. The van der Waals surface area contributed by atoms with Gasteiger partial charge in [0.05, 0.1) is 6.04 Å². The van der Waals surface area contributed by atoms with Crippen LogP contribution in [0.4, 0.5) is 9.59 Å². The van der Waals surface area contributed by atoms with Crippen LogP contribution in [0.15, 0.2) is 34.9 Å². The first-order valence-electron chi connectivity index (χ1n) is 12.4. The molecule has 3 aliphatic heterocycles. The summed E-state index contributed by atoms with van der Waals surface area (Å²) in [6.07, 6.45) is 2.77. The van der Waals surface area contributed by atoms with E-state index in [1.165, 1.54) is 5.06 Å². The van der Waals surface area contributed by atoms with Crippen molar-refractivity contribution in [1.82, 2.24) is 25.0 Å². The van der Waals surface area contributed by atoms with Crippen molar-refractivity contribution in [3.05, 3.63) is 47.6 Å². The van der Waals surface area contributed by atoms with Crippen molar-refractivity contribution in [3.8, 4) is 0 Å². The summed E-state index contributed by atoms with van der Waals surface area (Å²) in [5.74, 6) is 1.24. The Morgan fingerprint density at radius 2 is 1.86 bits per heavy atom. The number of likely N-dealkylation sites (tertiary alicyclic amines) is 1. The number of nitrogens with zero attached hydrogens (tertiary/aromatic N) is 5. The lowest BCUT2D eigenvalue weighted by atomic mass is 9.96. The van der Waals surface area contributed by atoms with E-state index in [0.717, 1.165) is 31.2 Å². The number of piperidine rings is 2. The Kier molecular flexibility index (Phi) is 6.39. The second kappa shape index (κ2) is 9.49. The number of urea groups is 1. The van der Waals surface area contributed by atoms with E-state index < -0.39 is 5.60 Å². The summed E-state index contributed by atoms with van der Waals surface area (Å²) >= 11 is 0. The number of hydrogen-bond donors (Lipinski definition) is 0. The predicted molar refractivity (Wildman–Crippen MR) is 125 cm³/mol. The molecule has 5 rings (SSSR count). The molecule has 0 N–H and O–H groups in total. The summed E-state index contributed by atoms with van der Waals surface area (Å²) in [6, 6.07) is 9.46. The number of aromatic nitrogens is 2. The Hall–Kier alpha value is -3.14. The van der Waals surface area contributed by atoms with Crippen molar-refractivity contribution in [2.24, 2.45) is 0 Å². The van der Waals surface area contributed by atoms with Crippen molar-refractivity contribution in [2.75, 3.05) is 19.6 Å². The molecule has 0 unspecified atom stereocenters. The van der Waals surface area contributed by atoms with Crippen LogP contribution in [0.2, 0.25) is 0 Å². The molecule has 1 aromatic heterocycles. The molecule has 1 aromatic carbocycles. The Bertz CT molecular complexity index is 1040. The number of carbonyl (C=O) groups excluding carboxylic acids is 2. The number of hydroxylamine groups is 2. The van der Waals surface area contributed by atoms with Gasteiger partial charge in [-0.15, -0.1) is 0 Å². The summed E-state index contributed by atoms with van der Waals surface area (Å²) in [5, 5.41) is 5.75. The van der Waals surface area contributed by atoms with Crippen LogP contribution in [0.25, 0.3) is 0 Å². The molecule has 0 aliphatic carbocycles. The van der Waals surface area contributed by atoms with E-state index in [2.05, 4.69) is 5.16 Å². The Morgan fingerprint density at radius 1 is 1.11 bits per heavy atom. The van der Waals surface area contributed by atoms with Gasteiger partial charge in [0.15, 0.2) is 5.82 Å². The number of amides is 3. The van der Waals surface area contributed by atoms with E-state index in [1.807, 2.05) is 51.1 Å². The fourth-order valence-electron chi connectivity index (χ4n) is 4.97. The van der Waals surface area contributed by atoms with Gasteiger partial charge in [-0.3, -0.25) is 4.84 Å². The van der Waals surface area contributed by atoms with Gasteiger partial charge in [-0.1, -0.05) is 35.5 Å². The number of rotatable bonds is 5. The third-order valence-corrected chi connectivity index (χ3v) is 6.79. The van der Waals surface area contributed by atoms with E-state index in [1.54, 1.807) is 9.80 Å². The number of ether oxygens (including phenoxy) is 1. The molecule has 3 fully saturated rings. The van der Waals surface area contributed by atoms with Gasteiger partial charge in [0.1, 0.15) is 18.2 Å². The van der Waals surface area contributed by atoms with Crippen molar-refractivity contribution >= 4 is 12.1 Å². The van der Waals surface area contributed by atoms with Crippen LogP contribution in [0.3, 0.4) is 0 Å². The number of carbonyl (C=O) groups is 2. The lowest BCUT2D eigenvalue weighted by Crippen LogP contribution is -2.41. The van der Waals surface area contributed by atoms with Crippen molar-refractivity contribution in [2.45, 2.75) is 76.7 Å². The number of hydrogen-bond acceptors (Lipinski definition) is 7. The van der Waals surface area contributed by atoms with Crippen molar-refractivity contribution < 1.29 is 23.7 Å². The maximum atomic E-state index is 13.1. The molecule has 3 saturated heterocycles. The van der Waals surface area contributed by atoms with Crippen LogP contribution in [0, 0.1) is 0 Å². The van der Waals surface area contributed by atoms with E-state index >= 15 is 0 Å². The third-order valence-electron chi connectivity index (χ3n) is 6.79. The second-order valence-electron chi connectivity index (χ2n) is 10.5. The van der Waals surface area contributed by atoms with E-state index in [-0.39, 0.29) is 30.1 Å². The molecular weight excluding hydrogens is 450 g/mol. The molecule has 3 amide bonds. The fraction of sp³-hybridized carbons (Fsp3) is 0.600. The topological polar surface area (TPSA) is 101 Å². The minimum absolute atomic E-state index is 0.0297. The smallest absolute Gasteiger partial charge is 0.410 e. The first-order chi connectivity index (χ1) is 16.8. The highest BCUT2D eigenvalue weighted by Gasteiger charge is 2.48. The molecule has 10 heteroatoms. The molecule has 0 saturated carbocycles. The average molecular weight is 484 g/mol. The fourth-order valence-corrected chi connectivity index (χ4v) is 4.97. The van der Waals surface area contributed by atoms with Gasteiger partial charge >= 0.3 is 12.1 Å². The molecule has 35 heavy (non-hydrogen) atoms. The molecule has 2 atom stereocenters. The van der Waals surface area contributed by atoms with Crippen molar-refractivity contribution in [1.29, 1.82) is 0 Å². The van der Waals surface area contributed by atoms with E-state index in [9.17, 15) is 9.59 Å². The highest BCUT2D eigenvalue weighted by atomic mass is 16.7. The van der Waals surface area contributed by atoms with Gasteiger partial charge < -0.3 is 19.1 Å². The summed E-state index contributed by atoms with van der Waals surface area (Å²) in [5.41, 5.74) is 0.512. The Labute approximate surface area is 205 Å². The van der Waals surface area contributed by atoms with Crippen LogP contribution in [0.1, 0.15) is 75.7 Å². The lowest BCUT2D eigenvalue weighted by Gasteiger charge is -2.32. The van der Waals surface area contributed by atoms with Crippen LogP contribution in [-0.2, 0) is 16.2 Å². The quantitative estimate of drug-likeness (QED) is 0.626. The molecule has 10 nitrogen and oxygen atoms in total. The normalized spacial score (nSPS) is 23.2. The molecule has 2 aromatic rings. The van der Waals surface area contributed by atoms with Gasteiger partial charge in [-0.25, -0.2) is 9.59 Å². The SMILES string of the molecule is CC(C)(C)OC(=O)N1CCC(c2noc([C@@H]3CC[C@@H]4CN3C(=O)N4OCc3ccccc3)n2)CC1. The predicted octanol–water partition coefficient (Wildman–Crippen LogP) is 4.26. The zero-order valence-electron chi connectivity index (χ0n) is 20.6. The van der Waals surface area contributed by atoms with Gasteiger partial charge in [0, 0.05) is 25.6 Å². The zero-order valence-corrected chi connectivity index (χ0v) is 20.6. The third kappa shape index (κ3) is 5.12. The average Bonchev–Trinajstić information content (AvgIpc) is 3.42. The first-order valence-corrected chi connectivity index (χ1v) is 12.4. The van der Waals surface area contributed by atoms with Crippen LogP contribution in [0.5, 0.6) is 0 Å². The lowest BCUT2D eigenvalue weighted by molar-refractivity contribution is -0.140. The monoisotopic (exact) mass is 483 g/mol. The van der Waals surface area contributed by atoms with Gasteiger partial charge in [-0.05, 0) is 52.0 Å². The summed E-state index contributed by atoms with van der Waals surface area (Å²) in [6.45, 7) is 7.72. The molecule has 0 radical (unpaired) electrons. The molecular formula is C25H33N5O5. The largest absolute Gasteiger partial charge is 0.444 e. The summed E-state index contributed by atoms with van der Waals surface area (Å²) in [4.78, 5) is 39.5.